The third-order valence-corrected chi connectivity index (χ3v) is 6.42. The van der Waals surface area contributed by atoms with Crippen molar-refractivity contribution in [3.05, 3.63) is 70.2 Å². The first-order chi connectivity index (χ1) is 14.1. The molecule has 6 heteroatoms. The van der Waals surface area contributed by atoms with Gasteiger partial charge in [0.2, 0.25) is 5.91 Å². The lowest BCUT2D eigenvalue weighted by atomic mass is 10.0. The molecule has 2 saturated heterocycles. The van der Waals surface area contributed by atoms with E-state index in [9.17, 15) is 9.59 Å². The van der Waals surface area contributed by atoms with Crippen LogP contribution in [-0.2, 0) is 11.2 Å². The number of benzene rings is 2. The molecule has 0 N–H and O–H groups in total. The standard InChI is InChI=1S/C23H26BrN3O2/c24-20-9-6-18(7-10-20)8-11-22(28)27-16-21(17-27)25-12-14-26(15-13-25)23(29)19-4-2-1-3-5-19/h1-7,9-10,21H,8,11-17H2. The zero-order chi connectivity index (χ0) is 20.2. The van der Waals surface area contributed by atoms with Crippen LogP contribution < -0.4 is 0 Å². The highest BCUT2D eigenvalue weighted by atomic mass is 79.9. The van der Waals surface area contributed by atoms with Gasteiger partial charge in [0.15, 0.2) is 0 Å². The van der Waals surface area contributed by atoms with E-state index in [2.05, 4.69) is 33.0 Å². The smallest absolute Gasteiger partial charge is 0.253 e. The molecule has 2 amide bonds. The normalized spacial score (nSPS) is 17.8. The molecule has 0 saturated carbocycles. The van der Waals surface area contributed by atoms with E-state index in [-0.39, 0.29) is 11.8 Å². The van der Waals surface area contributed by atoms with E-state index in [1.54, 1.807) is 0 Å². The van der Waals surface area contributed by atoms with Gasteiger partial charge < -0.3 is 9.80 Å². The average Bonchev–Trinajstić information content (AvgIpc) is 2.73. The first kappa shape index (κ1) is 20.1. The van der Waals surface area contributed by atoms with Crippen molar-refractivity contribution >= 4 is 27.7 Å². The Morgan fingerprint density at radius 3 is 2.17 bits per heavy atom. The molecule has 4 rings (SSSR count). The summed E-state index contributed by atoms with van der Waals surface area (Å²) in [7, 11) is 0. The minimum atomic E-state index is 0.114. The summed E-state index contributed by atoms with van der Waals surface area (Å²) < 4.78 is 1.06. The minimum Gasteiger partial charge on any atom is -0.339 e. The molecule has 0 atom stereocenters. The summed E-state index contributed by atoms with van der Waals surface area (Å²) in [5.74, 6) is 0.352. The fraction of sp³-hybridized carbons (Fsp3) is 0.391. The van der Waals surface area contributed by atoms with Crippen molar-refractivity contribution in [2.45, 2.75) is 18.9 Å². The Morgan fingerprint density at radius 2 is 1.52 bits per heavy atom. The Balaban J connectivity index is 1.18. The summed E-state index contributed by atoms with van der Waals surface area (Å²) >= 11 is 3.44. The number of nitrogens with zero attached hydrogens (tertiary/aromatic N) is 3. The van der Waals surface area contributed by atoms with Crippen molar-refractivity contribution in [3.8, 4) is 0 Å². The SMILES string of the molecule is O=C(CCc1ccc(Br)cc1)N1CC(N2CCN(C(=O)c3ccccc3)CC2)C1. The molecular weight excluding hydrogens is 430 g/mol. The van der Waals surface area contributed by atoms with E-state index >= 15 is 0 Å². The van der Waals surface area contributed by atoms with Crippen molar-refractivity contribution in [1.29, 1.82) is 0 Å². The summed E-state index contributed by atoms with van der Waals surface area (Å²) in [6, 6.07) is 18.1. The van der Waals surface area contributed by atoms with Crippen LogP contribution in [0.1, 0.15) is 22.3 Å². The van der Waals surface area contributed by atoms with Gasteiger partial charge in [-0.25, -0.2) is 0 Å². The van der Waals surface area contributed by atoms with Crippen LogP contribution in [0.2, 0.25) is 0 Å². The number of amides is 2. The number of carbonyl (C=O) groups excluding carboxylic acids is 2. The number of hydrogen-bond acceptors (Lipinski definition) is 3. The Labute approximate surface area is 180 Å². The van der Waals surface area contributed by atoms with Gasteiger partial charge in [0.1, 0.15) is 0 Å². The van der Waals surface area contributed by atoms with Crippen LogP contribution in [0.4, 0.5) is 0 Å². The first-order valence-corrected chi connectivity index (χ1v) is 11.0. The molecule has 0 radical (unpaired) electrons. The van der Waals surface area contributed by atoms with Gasteiger partial charge in [-0.15, -0.1) is 0 Å². The molecule has 2 aromatic rings. The molecule has 0 spiro atoms. The van der Waals surface area contributed by atoms with E-state index < -0.39 is 0 Å². The summed E-state index contributed by atoms with van der Waals surface area (Å²) in [6.07, 6.45) is 1.35. The van der Waals surface area contributed by atoms with Gasteiger partial charge >= 0.3 is 0 Å². The third kappa shape index (κ3) is 4.87. The molecule has 0 bridgehead atoms. The zero-order valence-corrected chi connectivity index (χ0v) is 18.1. The van der Waals surface area contributed by atoms with Gasteiger partial charge in [-0.05, 0) is 36.2 Å². The van der Waals surface area contributed by atoms with Crippen molar-refractivity contribution in [1.82, 2.24) is 14.7 Å². The molecule has 2 heterocycles. The zero-order valence-electron chi connectivity index (χ0n) is 16.5. The highest BCUT2D eigenvalue weighted by Gasteiger charge is 2.36. The van der Waals surface area contributed by atoms with Crippen LogP contribution in [0.25, 0.3) is 0 Å². The van der Waals surface area contributed by atoms with Crippen molar-refractivity contribution < 1.29 is 9.59 Å². The monoisotopic (exact) mass is 455 g/mol. The van der Waals surface area contributed by atoms with Crippen LogP contribution >= 0.6 is 15.9 Å². The highest BCUT2D eigenvalue weighted by molar-refractivity contribution is 9.10. The van der Waals surface area contributed by atoms with Crippen LogP contribution in [0, 0.1) is 0 Å². The Bertz CT molecular complexity index is 842. The van der Waals surface area contributed by atoms with Crippen LogP contribution in [0.5, 0.6) is 0 Å². The van der Waals surface area contributed by atoms with Gasteiger partial charge in [0.05, 0.1) is 0 Å². The predicted molar refractivity (Wildman–Crippen MR) is 117 cm³/mol. The van der Waals surface area contributed by atoms with Gasteiger partial charge in [-0.3, -0.25) is 14.5 Å². The number of rotatable bonds is 5. The highest BCUT2D eigenvalue weighted by Crippen LogP contribution is 2.20. The number of aryl methyl sites for hydroxylation is 1. The second kappa shape index (κ2) is 9.09. The molecule has 0 unspecified atom stereocenters. The summed E-state index contributed by atoms with van der Waals surface area (Å²) in [6.45, 7) is 4.88. The first-order valence-electron chi connectivity index (χ1n) is 10.2. The summed E-state index contributed by atoms with van der Waals surface area (Å²) in [4.78, 5) is 31.3. The molecular formula is C23H26BrN3O2. The largest absolute Gasteiger partial charge is 0.339 e. The summed E-state index contributed by atoms with van der Waals surface area (Å²) in [5, 5.41) is 0. The fourth-order valence-corrected chi connectivity index (χ4v) is 4.27. The molecule has 2 fully saturated rings. The number of likely N-dealkylation sites (tertiary alicyclic amines) is 1. The van der Waals surface area contributed by atoms with Crippen LogP contribution in [-0.4, -0.2) is 71.8 Å². The molecule has 5 nitrogen and oxygen atoms in total. The van der Waals surface area contributed by atoms with E-state index in [0.29, 0.717) is 12.5 Å². The number of carbonyl (C=O) groups is 2. The maximum atomic E-state index is 12.6. The number of hydrogen-bond donors (Lipinski definition) is 0. The van der Waals surface area contributed by atoms with E-state index in [1.165, 1.54) is 5.56 Å². The van der Waals surface area contributed by atoms with Crippen molar-refractivity contribution in [2.24, 2.45) is 0 Å². The van der Waals surface area contributed by atoms with Gasteiger partial charge in [-0.2, -0.15) is 0 Å². The fourth-order valence-electron chi connectivity index (χ4n) is 4.00. The Hall–Kier alpha value is -2.18. The second-order valence-electron chi connectivity index (χ2n) is 7.77. The topological polar surface area (TPSA) is 43.9 Å². The lowest BCUT2D eigenvalue weighted by Gasteiger charge is -2.48. The van der Waals surface area contributed by atoms with Gasteiger partial charge in [-0.1, -0.05) is 46.3 Å². The molecule has 0 aliphatic carbocycles. The van der Waals surface area contributed by atoms with Crippen molar-refractivity contribution in [3.63, 3.8) is 0 Å². The molecule has 152 valence electrons. The van der Waals surface area contributed by atoms with E-state index in [0.717, 1.165) is 55.7 Å². The maximum Gasteiger partial charge on any atom is 0.253 e. The van der Waals surface area contributed by atoms with Gasteiger partial charge in [0, 0.05) is 61.8 Å². The molecule has 0 aromatic heterocycles. The lowest BCUT2D eigenvalue weighted by molar-refractivity contribution is -0.139. The quantitative estimate of drug-likeness (QED) is 0.695. The Kier molecular flexibility index (Phi) is 6.31. The third-order valence-electron chi connectivity index (χ3n) is 5.89. The van der Waals surface area contributed by atoms with Crippen LogP contribution in [0.15, 0.2) is 59.1 Å². The molecule has 2 aromatic carbocycles. The molecule has 2 aliphatic rings. The van der Waals surface area contributed by atoms with Gasteiger partial charge in [0.25, 0.3) is 5.91 Å². The maximum absolute atomic E-state index is 12.6. The van der Waals surface area contributed by atoms with E-state index in [4.69, 9.17) is 0 Å². The molecule has 2 aliphatic heterocycles. The number of halogens is 1. The lowest BCUT2D eigenvalue weighted by Crippen LogP contribution is -2.64. The van der Waals surface area contributed by atoms with Crippen molar-refractivity contribution in [2.75, 3.05) is 39.3 Å². The Morgan fingerprint density at radius 1 is 0.862 bits per heavy atom. The number of piperazine rings is 1. The molecule has 29 heavy (non-hydrogen) atoms. The average molecular weight is 456 g/mol. The second-order valence-corrected chi connectivity index (χ2v) is 8.69. The predicted octanol–water partition coefficient (Wildman–Crippen LogP) is 3.05. The summed E-state index contributed by atoms with van der Waals surface area (Å²) in [5.41, 5.74) is 1.95. The minimum absolute atomic E-state index is 0.114. The van der Waals surface area contributed by atoms with Crippen LogP contribution in [0.3, 0.4) is 0 Å². The van der Waals surface area contributed by atoms with E-state index in [1.807, 2.05) is 52.3 Å².